The number of hydrogen-bond donors (Lipinski definition) is 3. The predicted molar refractivity (Wildman–Crippen MR) is 68.7 cm³/mol. The van der Waals surface area contributed by atoms with Crippen LogP contribution in [0.3, 0.4) is 0 Å². The number of oxazole rings is 1. The Morgan fingerprint density at radius 1 is 1.50 bits per heavy atom. The summed E-state index contributed by atoms with van der Waals surface area (Å²) in [4.78, 5) is 15.8. The average molecular weight is 249 g/mol. The van der Waals surface area contributed by atoms with Gasteiger partial charge in [0.05, 0.1) is 23.5 Å². The van der Waals surface area contributed by atoms with E-state index in [2.05, 4.69) is 9.88 Å². The van der Waals surface area contributed by atoms with Gasteiger partial charge in [-0.15, -0.1) is 0 Å². The van der Waals surface area contributed by atoms with Crippen LogP contribution in [0.1, 0.15) is 12.8 Å². The zero-order valence-electron chi connectivity index (χ0n) is 9.85. The quantitative estimate of drug-likeness (QED) is 0.692. The maximum atomic E-state index is 11.1. The number of H-pyrrole nitrogens is 1. The molecule has 0 bridgehead atoms. The minimum absolute atomic E-state index is 0.0792. The molecule has 1 heterocycles. The number of aromatic amines is 1. The largest absolute Gasteiger partial charge is 0.417 e. The van der Waals surface area contributed by atoms with Crippen LogP contribution < -0.4 is 16.4 Å². The highest BCUT2D eigenvalue weighted by atomic mass is 16.4. The summed E-state index contributed by atoms with van der Waals surface area (Å²) in [5.74, 6) is -0.485. The molecule has 3 rings (SSSR count). The number of benzene rings is 1. The van der Waals surface area contributed by atoms with E-state index in [1.165, 1.54) is 0 Å². The number of fused-ring (bicyclic) bond motifs is 1. The van der Waals surface area contributed by atoms with Crippen molar-refractivity contribution in [2.45, 2.75) is 18.9 Å². The van der Waals surface area contributed by atoms with Crippen molar-refractivity contribution in [1.29, 1.82) is 0 Å². The van der Waals surface area contributed by atoms with Gasteiger partial charge in [0.15, 0.2) is 5.58 Å². The van der Waals surface area contributed by atoms with Gasteiger partial charge in [-0.1, -0.05) is 0 Å². The third kappa shape index (κ3) is 1.84. The molecule has 1 aliphatic carbocycles. The molecular weight excluding hydrogens is 234 g/mol. The molecule has 4 N–H and O–H groups in total. The van der Waals surface area contributed by atoms with Crippen LogP contribution in [-0.2, 0) is 0 Å². The van der Waals surface area contributed by atoms with Gasteiger partial charge in [-0.05, 0) is 18.9 Å². The monoisotopic (exact) mass is 249 g/mol. The van der Waals surface area contributed by atoms with Gasteiger partial charge < -0.3 is 20.2 Å². The van der Waals surface area contributed by atoms with Gasteiger partial charge in [0.25, 0.3) is 0 Å². The smallest absolute Gasteiger partial charge is 0.408 e. The molecule has 0 spiro atoms. The standard InChI is InChI=1S/C12H15N3O3/c13-8-5-11-9(14-12(17)18-11)6-10(8)15(3-4-16)7-1-2-7/h5-7,16H,1-4,13H2,(H,14,17). The Kier molecular flexibility index (Phi) is 2.52. The lowest BCUT2D eigenvalue weighted by Crippen LogP contribution is -2.29. The Morgan fingerprint density at radius 3 is 2.94 bits per heavy atom. The third-order valence-corrected chi connectivity index (χ3v) is 3.21. The van der Waals surface area contributed by atoms with Gasteiger partial charge in [0.1, 0.15) is 0 Å². The normalized spacial score (nSPS) is 15.2. The number of aliphatic hydroxyl groups excluding tert-OH is 1. The summed E-state index contributed by atoms with van der Waals surface area (Å²) in [6, 6.07) is 3.90. The van der Waals surface area contributed by atoms with E-state index < -0.39 is 5.76 Å². The number of anilines is 2. The van der Waals surface area contributed by atoms with E-state index in [-0.39, 0.29) is 6.61 Å². The molecule has 1 aromatic carbocycles. The number of nitrogens with zero attached hydrogens (tertiary/aromatic N) is 1. The third-order valence-electron chi connectivity index (χ3n) is 3.21. The van der Waals surface area contributed by atoms with Crippen LogP contribution in [0, 0.1) is 0 Å². The predicted octanol–water partition coefficient (Wildman–Crippen LogP) is 0.664. The fourth-order valence-electron chi connectivity index (χ4n) is 2.24. The molecular formula is C12H15N3O3. The fraction of sp³-hybridized carbons (Fsp3) is 0.417. The summed E-state index contributed by atoms with van der Waals surface area (Å²) >= 11 is 0. The van der Waals surface area contributed by atoms with Crippen LogP contribution in [0.2, 0.25) is 0 Å². The van der Waals surface area contributed by atoms with Crippen molar-refractivity contribution in [3.63, 3.8) is 0 Å². The topological polar surface area (TPSA) is 95.5 Å². The van der Waals surface area contributed by atoms with Gasteiger partial charge >= 0.3 is 5.76 Å². The van der Waals surface area contributed by atoms with Crippen LogP contribution in [0.4, 0.5) is 11.4 Å². The summed E-state index contributed by atoms with van der Waals surface area (Å²) < 4.78 is 4.96. The molecule has 0 atom stereocenters. The highest BCUT2D eigenvalue weighted by Crippen LogP contribution is 2.36. The molecule has 1 saturated carbocycles. The first kappa shape index (κ1) is 11.2. The molecule has 18 heavy (non-hydrogen) atoms. The summed E-state index contributed by atoms with van der Waals surface area (Å²) in [6.45, 7) is 0.623. The van der Waals surface area contributed by atoms with E-state index in [9.17, 15) is 4.79 Å². The Morgan fingerprint density at radius 2 is 2.28 bits per heavy atom. The molecule has 1 aromatic heterocycles. The zero-order chi connectivity index (χ0) is 12.7. The molecule has 0 aliphatic heterocycles. The van der Waals surface area contributed by atoms with Crippen molar-refractivity contribution in [1.82, 2.24) is 4.98 Å². The van der Waals surface area contributed by atoms with Crippen LogP contribution in [0.25, 0.3) is 11.1 Å². The van der Waals surface area contributed by atoms with Gasteiger partial charge in [-0.25, -0.2) is 4.79 Å². The minimum atomic E-state index is -0.485. The lowest BCUT2D eigenvalue weighted by Gasteiger charge is -2.25. The fourth-order valence-corrected chi connectivity index (χ4v) is 2.24. The molecule has 0 radical (unpaired) electrons. The van der Waals surface area contributed by atoms with E-state index >= 15 is 0 Å². The van der Waals surface area contributed by atoms with Crippen molar-refractivity contribution in [2.24, 2.45) is 0 Å². The molecule has 6 nitrogen and oxygen atoms in total. The minimum Gasteiger partial charge on any atom is -0.408 e. The van der Waals surface area contributed by atoms with Crippen molar-refractivity contribution >= 4 is 22.5 Å². The van der Waals surface area contributed by atoms with Crippen LogP contribution >= 0.6 is 0 Å². The van der Waals surface area contributed by atoms with E-state index in [0.29, 0.717) is 29.4 Å². The molecule has 0 saturated heterocycles. The average Bonchev–Trinajstić information content (AvgIpc) is 3.08. The van der Waals surface area contributed by atoms with Crippen molar-refractivity contribution in [2.75, 3.05) is 23.8 Å². The number of nitrogens with one attached hydrogen (secondary N) is 1. The summed E-state index contributed by atoms with van der Waals surface area (Å²) in [5, 5.41) is 9.12. The summed E-state index contributed by atoms with van der Waals surface area (Å²) in [6.07, 6.45) is 2.22. The van der Waals surface area contributed by atoms with Gasteiger partial charge in [0, 0.05) is 18.7 Å². The second kappa shape index (κ2) is 4.06. The Bertz CT molecular complexity index is 627. The molecule has 2 aromatic rings. The number of nitrogens with two attached hydrogens (primary N) is 1. The SMILES string of the molecule is Nc1cc2oc(=O)[nH]c2cc1N(CCO)C1CC1. The van der Waals surface area contributed by atoms with Crippen LogP contribution in [0.5, 0.6) is 0 Å². The van der Waals surface area contributed by atoms with Gasteiger partial charge in [-0.3, -0.25) is 4.98 Å². The van der Waals surface area contributed by atoms with E-state index in [4.69, 9.17) is 15.3 Å². The van der Waals surface area contributed by atoms with E-state index in [1.54, 1.807) is 6.07 Å². The lowest BCUT2D eigenvalue weighted by atomic mass is 10.2. The highest BCUT2D eigenvalue weighted by Gasteiger charge is 2.30. The number of hydrogen-bond acceptors (Lipinski definition) is 5. The van der Waals surface area contributed by atoms with Gasteiger partial charge in [-0.2, -0.15) is 0 Å². The number of nitrogen functional groups attached to an aromatic ring is 1. The molecule has 0 unspecified atom stereocenters. The van der Waals surface area contributed by atoms with Crippen LogP contribution in [-0.4, -0.2) is 29.3 Å². The molecule has 6 heteroatoms. The molecule has 1 fully saturated rings. The molecule has 0 amide bonds. The van der Waals surface area contributed by atoms with Crippen molar-refractivity contribution in [3.8, 4) is 0 Å². The van der Waals surface area contributed by atoms with E-state index in [1.807, 2.05) is 6.07 Å². The summed E-state index contributed by atoms with van der Waals surface area (Å²) in [7, 11) is 0. The number of aliphatic hydroxyl groups is 1. The second-order valence-corrected chi connectivity index (χ2v) is 4.57. The highest BCUT2D eigenvalue weighted by molar-refractivity contribution is 5.85. The maximum absolute atomic E-state index is 11.1. The Balaban J connectivity index is 2.08. The molecule has 1 aliphatic rings. The van der Waals surface area contributed by atoms with E-state index in [0.717, 1.165) is 18.5 Å². The second-order valence-electron chi connectivity index (χ2n) is 4.57. The molecule has 96 valence electrons. The zero-order valence-corrected chi connectivity index (χ0v) is 9.85. The summed E-state index contributed by atoms with van der Waals surface area (Å²) in [5.41, 5.74) is 8.49. The van der Waals surface area contributed by atoms with Crippen molar-refractivity contribution in [3.05, 3.63) is 22.7 Å². The van der Waals surface area contributed by atoms with Crippen molar-refractivity contribution < 1.29 is 9.52 Å². The Hall–Kier alpha value is -1.95. The maximum Gasteiger partial charge on any atom is 0.417 e. The lowest BCUT2D eigenvalue weighted by molar-refractivity contribution is 0.301. The first-order valence-corrected chi connectivity index (χ1v) is 5.99. The number of rotatable bonds is 4. The van der Waals surface area contributed by atoms with Crippen LogP contribution in [0.15, 0.2) is 21.3 Å². The first-order chi connectivity index (χ1) is 8.69. The van der Waals surface area contributed by atoms with Gasteiger partial charge in [0.2, 0.25) is 0 Å². The Labute approximate surface area is 103 Å². The number of aromatic nitrogens is 1. The first-order valence-electron chi connectivity index (χ1n) is 5.99.